The van der Waals surface area contributed by atoms with E-state index in [0.29, 0.717) is 0 Å². The average molecular weight is 247 g/mol. The lowest BCUT2D eigenvalue weighted by atomic mass is 10.4. The molecule has 0 aliphatic rings. The van der Waals surface area contributed by atoms with Gasteiger partial charge in [-0.25, -0.2) is 9.00 Å². The van der Waals surface area contributed by atoms with Crippen molar-refractivity contribution in [3.8, 4) is 0 Å². The van der Waals surface area contributed by atoms with Crippen LogP contribution in [0.2, 0.25) is 0 Å². The molecule has 1 heterocycles. The molecular weight excluding hydrogens is 238 g/mol. The van der Waals surface area contributed by atoms with Crippen LogP contribution in [0.25, 0.3) is 0 Å². The highest BCUT2D eigenvalue weighted by Crippen LogP contribution is 2.17. The molecule has 7 heteroatoms. The summed E-state index contributed by atoms with van der Waals surface area (Å²) in [5.41, 5.74) is 0. The first-order chi connectivity index (χ1) is 6.79. The van der Waals surface area contributed by atoms with Crippen molar-refractivity contribution in [1.29, 1.82) is 0 Å². The van der Waals surface area contributed by atoms with Gasteiger partial charge in [0.25, 0.3) is 5.91 Å². The van der Waals surface area contributed by atoms with Crippen molar-refractivity contribution in [2.45, 2.75) is 0 Å². The summed E-state index contributed by atoms with van der Waals surface area (Å²) in [5.74, 6) is -1.73. The molecule has 0 fully saturated rings. The first-order valence-corrected chi connectivity index (χ1v) is 6.99. The summed E-state index contributed by atoms with van der Waals surface area (Å²) in [7, 11) is -2.50. The van der Waals surface area contributed by atoms with Gasteiger partial charge in [-0.2, -0.15) is 4.36 Å². The Morgan fingerprint density at radius 3 is 2.27 bits per heavy atom. The van der Waals surface area contributed by atoms with Crippen molar-refractivity contribution in [1.82, 2.24) is 0 Å². The molecule has 15 heavy (non-hydrogen) atoms. The first-order valence-electron chi connectivity index (χ1n) is 3.84. The number of carbonyl (C=O) groups excluding carboxylic acids is 1. The summed E-state index contributed by atoms with van der Waals surface area (Å²) >= 11 is 0.821. The molecule has 0 unspecified atom stereocenters. The molecule has 0 aliphatic heterocycles. The Hall–Kier alpha value is -1.21. The third kappa shape index (κ3) is 3.45. The SMILES string of the molecule is CS(C)(=O)=NC(=O)c1ccc(C(=O)O)s1. The second kappa shape index (κ2) is 4.11. The standard InChI is InChI=1S/C8H9NO4S2/c1-15(2,13)9-7(10)5-3-4-6(14-5)8(11)12/h3-4H,1-2H3,(H,11,12). The van der Waals surface area contributed by atoms with Crippen molar-refractivity contribution >= 4 is 32.9 Å². The predicted octanol–water partition coefficient (Wildman–Crippen LogP) is 1.31. The summed E-state index contributed by atoms with van der Waals surface area (Å²) in [6.07, 6.45) is 2.69. The molecule has 0 atom stereocenters. The van der Waals surface area contributed by atoms with Gasteiger partial charge in [0, 0.05) is 22.2 Å². The van der Waals surface area contributed by atoms with Crippen molar-refractivity contribution in [3.05, 3.63) is 21.9 Å². The molecule has 82 valence electrons. The second-order valence-electron chi connectivity index (χ2n) is 3.05. The highest BCUT2D eigenvalue weighted by atomic mass is 32.2. The molecule has 0 saturated carbocycles. The molecule has 1 amide bonds. The van der Waals surface area contributed by atoms with E-state index >= 15 is 0 Å². The first kappa shape index (κ1) is 11.9. The Labute approximate surface area is 90.9 Å². The fraction of sp³-hybridized carbons (Fsp3) is 0.250. The number of thiophene rings is 1. The van der Waals surface area contributed by atoms with E-state index in [1.54, 1.807) is 0 Å². The van der Waals surface area contributed by atoms with Crippen LogP contribution in [0.5, 0.6) is 0 Å². The van der Waals surface area contributed by atoms with Gasteiger partial charge in [-0.15, -0.1) is 11.3 Å². The molecule has 0 saturated heterocycles. The van der Waals surface area contributed by atoms with Gasteiger partial charge in [0.1, 0.15) is 4.88 Å². The lowest BCUT2D eigenvalue weighted by molar-refractivity contribution is 0.0702. The Balaban J connectivity index is 3.04. The van der Waals surface area contributed by atoms with E-state index in [1.807, 2.05) is 0 Å². The van der Waals surface area contributed by atoms with Gasteiger partial charge in [-0.1, -0.05) is 0 Å². The quantitative estimate of drug-likeness (QED) is 0.854. The van der Waals surface area contributed by atoms with Gasteiger partial charge in [-0.3, -0.25) is 4.79 Å². The zero-order valence-corrected chi connectivity index (χ0v) is 9.72. The number of aromatic carboxylic acids is 1. The predicted molar refractivity (Wildman–Crippen MR) is 58.0 cm³/mol. The number of carbonyl (C=O) groups is 2. The molecule has 1 aromatic heterocycles. The van der Waals surface area contributed by atoms with Crippen LogP contribution in [0.15, 0.2) is 16.5 Å². The van der Waals surface area contributed by atoms with Gasteiger partial charge in [0.2, 0.25) is 0 Å². The maximum absolute atomic E-state index is 11.4. The van der Waals surface area contributed by atoms with Crippen LogP contribution in [-0.2, 0) is 9.73 Å². The summed E-state index contributed by atoms with van der Waals surface area (Å²) in [5, 5.41) is 8.62. The van der Waals surface area contributed by atoms with E-state index in [0.717, 1.165) is 11.3 Å². The fourth-order valence-electron chi connectivity index (χ4n) is 0.812. The molecule has 0 radical (unpaired) electrons. The van der Waals surface area contributed by atoms with Crippen LogP contribution in [-0.4, -0.2) is 33.7 Å². The highest BCUT2D eigenvalue weighted by Gasteiger charge is 2.12. The Morgan fingerprint density at radius 2 is 1.87 bits per heavy atom. The molecule has 1 rings (SSSR count). The number of amides is 1. The highest BCUT2D eigenvalue weighted by molar-refractivity contribution is 7.92. The van der Waals surface area contributed by atoms with E-state index in [2.05, 4.69) is 4.36 Å². The van der Waals surface area contributed by atoms with Crippen molar-refractivity contribution < 1.29 is 18.9 Å². The van der Waals surface area contributed by atoms with Crippen molar-refractivity contribution in [2.24, 2.45) is 4.36 Å². The van der Waals surface area contributed by atoms with Gasteiger partial charge < -0.3 is 5.11 Å². The van der Waals surface area contributed by atoms with E-state index in [1.165, 1.54) is 24.6 Å². The van der Waals surface area contributed by atoms with Crippen LogP contribution in [0, 0.1) is 0 Å². The molecule has 0 aliphatic carbocycles. The normalized spacial score (nSPS) is 11.1. The van der Waals surface area contributed by atoms with Crippen molar-refractivity contribution in [2.75, 3.05) is 12.5 Å². The third-order valence-corrected chi connectivity index (χ3v) is 3.00. The van der Waals surface area contributed by atoms with Gasteiger partial charge in [0.05, 0.1) is 4.88 Å². The monoisotopic (exact) mass is 247 g/mol. The average Bonchev–Trinajstić information content (AvgIpc) is 2.47. The molecule has 0 bridgehead atoms. The summed E-state index contributed by atoms with van der Waals surface area (Å²) in [6.45, 7) is 0. The summed E-state index contributed by atoms with van der Waals surface area (Å²) < 4.78 is 14.7. The fourth-order valence-corrected chi connectivity index (χ4v) is 2.10. The molecule has 5 nitrogen and oxygen atoms in total. The summed E-state index contributed by atoms with van der Waals surface area (Å²) in [4.78, 5) is 22.1. The zero-order chi connectivity index (χ0) is 11.6. The van der Waals surface area contributed by atoms with Crippen LogP contribution >= 0.6 is 11.3 Å². The Kier molecular flexibility index (Phi) is 3.25. The number of carboxylic acids is 1. The van der Waals surface area contributed by atoms with Gasteiger partial charge >= 0.3 is 5.97 Å². The van der Waals surface area contributed by atoms with E-state index in [4.69, 9.17) is 5.11 Å². The van der Waals surface area contributed by atoms with E-state index in [9.17, 15) is 13.8 Å². The van der Waals surface area contributed by atoms with Gasteiger partial charge in [0.15, 0.2) is 0 Å². The lowest BCUT2D eigenvalue weighted by Crippen LogP contribution is -1.98. The molecular formula is C8H9NO4S2. The number of carboxylic acid groups (broad SMARTS) is 1. The second-order valence-corrected chi connectivity index (χ2v) is 6.68. The van der Waals surface area contributed by atoms with Crippen LogP contribution < -0.4 is 0 Å². The molecule has 1 aromatic rings. The number of nitrogens with zero attached hydrogens (tertiary/aromatic N) is 1. The molecule has 1 N–H and O–H groups in total. The maximum Gasteiger partial charge on any atom is 0.345 e. The van der Waals surface area contributed by atoms with Gasteiger partial charge in [-0.05, 0) is 12.1 Å². The van der Waals surface area contributed by atoms with Crippen LogP contribution in [0.3, 0.4) is 0 Å². The van der Waals surface area contributed by atoms with Crippen molar-refractivity contribution in [3.63, 3.8) is 0 Å². The smallest absolute Gasteiger partial charge is 0.345 e. The van der Waals surface area contributed by atoms with E-state index in [-0.39, 0.29) is 9.75 Å². The minimum atomic E-state index is -2.50. The minimum absolute atomic E-state index is 0.0623. The van der Waals surface area contributed by atoms with E-state index < -0.39 is 21.6 Å². The summed E-state index contributed by atoms with van der Waals surface area (Å²) in [6, 6.07) is 2.69. The Bertz CT molecular complexity index is 514. The van der Waals surface area contributed by atoms with Crippen LogP contribution in [0.4, 0.5) is 0 Å². The molecule has 0 spiro atoms. The third-order valence-electron chi connectivity index (χ3n) is 1.33. The number of rotatable bonds is 2. The lowest BCUT2D eigenvalue weighted by Gasteiger charge is -1.92. The maximum atomic E-state index is 11.4. The topological polar surface area (TPSA) is 83.8 Å². The van der Waals surface area contributed by atoms with Crippen LogP contribution in [0.1, 0.15) is 19.3 Å². The molecule has 0 aromatic carbocycles. The largest absolute Gasteiger partial charge is 0.477 e. The minimum Gasteiger partial charge on any atom is -0.477 e. The number of hydrogen-bond acceptors (Lipinski definition) is 4. The zero-order valence-electron chi connectivity index (χ0n) is 8.09. The number of hydrogen-bond donors (Lipinski definition) is 1. The Morgan fingerprint density at radius 1 is 1.33 bits per heavy atom.